The Balaban J connectivity index is 1.81. The Morgan fingerprint density at radius 1 is 1.21 bits per heavy atom. The van der Waals surface area contributed by atoms with Crippen molar-refractivity contribution >= 4 is 17.7 Å². The van der Waals surface area contributed by atoms with Gasteiger partial charge < -0.3 is 9.80 Å². The van der Waals surface area contributed by atoms with Gasteiger partial charge >= 0.3 is 0 Å². The number of nitrogens with one attached hydrogen (secondary N) is 1. The van der Waals surface area contributed by atoms with Crippen LogP contribution >= 0.6 is 0 Å². The largest absolute Gasteiger partial charge is 0.343 e. The van der Waals surface area contributed by atoms with E-state index in [4.69, 9.17) is 5.21 Å². The van der Waals surface area contributed by atoms with Crippen LogP contribution in [-0.4, -0.2) is 58.4 Å². The summed E-state index contributed by atoms with van der Waals surface area (Å²) in [6.07, 6.45) is 2.25. The summed E-state index contributed by atoms with van der Waals surface area (Å²) in [5.41, 5.74) is 3.25. The van der Waals surface area contributed by atoms with Crippen LogP contribution < -0.4 is 5.48 Å². The van der Waals surface area contributed by atoms with E-state index in [1.54, 1.807) is 12.4 Å². The van der Waals surface area contributed by atoms with Crippen molar-refractivity contribution in [3.05, 3.63) is 35.4 Å². The highest BCUT2D eigenvalue weighted by atomic mass is 16.5. The minimum Gasteiger partial charge on any atom is -0.343 e. The highest BCUT2D eigenvalue weighted by molar-refractivity contribution is 5.90. The number of carbonyl (C=O) groups is 3. The molecule has 0 radical (unpaired) electrons. The van der Waals surface area contributed by atoms with Gasteiger partial charge in [0.15, 0.2) is 0 Å². The van der Waals surface area contributed by atoms with E-state index in [0.29, 0.717) is 26.1 Å². The minimum atomic E-state index is -0.609. The third-order valence-corrected chi connectivity index (χ3v) is 6.72. The molecule has 2 aliphatic rings. The average Bonchev–Trinajstić information content (AvgIpc) is 3.02. The van der Waals surface area contributed by atoms with Gasteiger partial charge in [-0.1, -0.05) is 29.8 Å². The number of piperidine rings is 1. The van der Waals surface area contributed by atoms with E-state index < -0.39 is 11.3 Å². The summed E-state index contributed by atoms with van der Waals surface area (Å²) in [5, 5.41) is 9.06. The number of benzene rings is 1. The van der Waals surface area contributed by atoms with Crippen LogP contribution in [0.2, 0.25) is 0 Å². The lowest BCUT2D eigenvalue weighted by Gasteiger charge is -2.40. The fourth-order valence-electron chi connectivity index (χ4n) is 4.74. The number of hydrogen-bond donors (Lipinski definition) is 2. The second kappa shape index (κ2) is 8.53. The van der Waals surface area contributed by atoms with Gasteiger partial charge in [-0.05, 0) is 44.6 Å². The maximum Gasteiger partial charge on any atom is 0.245 e. The molecule has 7 nitrogen and oxygen atoms in total. The summed E-state index contributed by atoms with van der Waals surface area (Å²) in [7, 11) is 0. The van der Waals surface area contributed by atoms with Crippen molar-refractivity contribution in [3.63, 3.8) is 0 Å². The molecule has 0 aromatic heterocycles. The molecular weight excluding hydrogens is 370 g/mol. The zero-order valence-electron chi connectivity index (χ0n) is 17.5. The summed E-state index contributed by atoms with van der Waals surface area (Å²) < 4.78 is 0. The van der Waals surface area contributed by atoms with Gasteiger partial charge in [0.2, 0.25) is 17.7 Å². The molecule has 0 bridgehead atoms. The van der Waals surface area contributed by atoms with Crippen molar-refractivity contribution in [2.75, 3.05) is 19.6 Å². The molecule has 7 heteroatoms. The van der Waals surface area contributed by atoms with Gasteiger partial charge in [0.05, 0.1) is 5.41 Å². The van der Waals surface area contributed by atoms with Crippen LogP contribution in [0.4, 0.5) is 0 Å². The van der Waals surface area contributed by atoms with Crippen LogP contribution in [0.1, 0.15) is 50.7 Å². The number of carbonyl (C=O) groups excluding carboxylic acids is 3. The normalized spacial score (nSPS) is 23.9. The number of likely N-dealkylation sites (tertiary alicyclic amines) is 2. The summed E-state index contributed by atoms with van der Waals surface area (Å²) in [4.78, 5) is 40.8. The summed E-state index contributed by atoms with van der Waals surface area (Å²) in [6.45, 7) is 7.41. The van der Waals surface area contributed by atoms with Gasteiger partial charge in [0.25, 0.3) is 0 Å². The Labute approximate surface area is 172 Å². The standard InChI is InChI=1S/C22H31N3O4/c1-15-4-6-18(7-5-15)22(3)10-13-25(21(22)28)19(14-20(27)23-29)17-8-11-24(12-9-17)16(2)26/h4-7,17,19,29H,8-14H2,1-3H3,(H,23,27)/t19-,22?/m0/s1. The zero-order valence-corrected chi connectivity index (χ0v) is 17.5. The molecule has 3 amide bonds. The molecule has 1 unspecified atom stereocenters. The molecule has 2 N–H and O–H groups in total. The number of aryl methyl sites for hydroxylation is 1. The van der Waals surface area contributed by atoms with Crippen LogP contribution in [0.3, 0.4) is 0 Å². The minimum absolute atomic E-state index is 0.0334. The molecule has 2 fully saturated rings. The average molecular weight is 402 g/mol. The van der Waals surface area contributed by atoms with E-state index in [1.165, 1.54) is 0 Å². The van der Waals surface area contributed by atoms with Crippen LogP contribution in [0.25, 0.3) is 0 Å². The third kappa shape index (κ3) is 4.29. The topological polar surface area (TPSA) is 89.9 Å². The third-order valence-electron chi connectivity index (χ3n) is 6.72. The first-order valence-electron chi connectivity index (χ1n) is 10.3. The SMILES string of the molecule is CC(=O)N1CCC([C@H](CC(=O)NO)N2CCC(C)(c3ccc(C)cc3)C2=O)CC1. The van der Waals surface area contributed by atoms with Gasteiger partial charge in [-0.15, -0.1) is 0 Å². The van der Waals surface area contributed by atoms with E-state index in [0.717, 1.165) is 24.0 Å². The number of hydroxylamine groups is 1. The number of nitrogens with zero attached hydrogens (tertiary/aromatic N) is 2. The Morgan fingerprint density at radius 2 is 1.83 bits per heavy atom. The molecular formula is C22H31N3O4. The van der Waals surface area contributed by atoms with Crippen molar-refractivity contribution in [2.24, 2.45) is 5.92 Å². The van der Waals surface area contributed by atoms with Crippen molar-refractivity contribution in [2.45, 2.75) is 57.9 Å². The molecule has 2 saturated heterocycles. The summed E-state index contributed by atoms with van der Waals surface area (Å²) in [5.74, 6) is -0.281. The van der Waals surface area contributed by atoms with Gasteiger partial charge in [0, 0.05) is 39.0 Å². The Kier molecular flexibility index (Phi) is 6.27. The van der Waals surface area contributed by atoms with Crippen molar-refractivity contribution in [1.82, 2.24) is 15.3 Å². The first-order chi connectivity index (χ1) is 13.8. The molecule has 2 aliphatic heterocycles. The molecule has 2 heterocycles. The molecule has 29 heavy (non-hydrogen) atoms. The maximum atomic E-state index is 13.5. The van der Waals surface area contributed by atoms with Gasteiger partial charge in [0.1, 0.15) is 0 Å². The molecule has 2 atom stereocenters. The van der Waals surface area contributed by atoms with Crippen LogP contribution in [0.5, 0.6) is 0 Å². The lowest BCUT2D eigenvalue weighted by Crippen LogP contribution is -2.50. The second-order valence-corrected chi connectivity index (χ2v) is 8.60. The molecule has 1 aromatic rings. The predicted octanol–water partition coefficient (Wildman–Crippen LogP) is 2.01. The van der Waals surface area contributed by atoms with E-state index >= 15 is 0 Å². The zero-order chi connectivity index (χ0) is 21.2. The van der Waals surface area contributed by atoms with Crippen LogP contribution in [-0.2, 0) is 19.8 Å². The molecule has 0 spiro atoms. The van der Waals surface area contributed by atoms with Crippen molar-refractivity contribution in [1.29, 1.82) is 0 Å². The molecule has 158 valence electrons. The lowest BCUT2D eigenvalue weighted by molar-refractivity contribution is -0.139. The smallest absolute Gasteiger partial charge is 0.245 e. The number of rotatable bonds is 5. The number of hydrogen-bond acceptors (Lipinski definition) is 4. The predicted molar refractivity (Wildman–Crippen MR) is 108 cm³/mol. The number of amides is 3. The fraction of sp³-hybridized carbons (Fsp3) is 0.591. The van der Waals surface area contributed by atoms with Crippen LogP contribution in [0.15, 0.2) is 24.3 Å². The quantitative estimate of drug-likeness (QED) is 0.583. The van der Waals surface area contributed by atoms with Crippen LogP contribution in [0, 0.1) is 12.8 Å². The Morgan fingerprint density at radius 3 is 2.38 bits per heavy atom. The molecule has 0 aliphatic carbocycles. The van der Waals surface area contributed by atoms with Gasteiger partial charge in [-0.25, -0.2) is 5.48 Å². The van der Waals surface area contributed by atoms with E-state index in [9.17, 15) is 14.4 Å². The fourth-order valence-corrected chi connectivity index (χ4v) is 4.74. The summed E-state index contributed by atoms with van der Waals surface area (Å²) in [6, 6.07) is 7.78. The molecule has 3 rings (SSSR count). The Hall–Kier alpha value is -2.41. The maximum absolute atomic E-state index is 13.5. The monoisotopic (exact) mass is 401 g/mol. The molecule has 0 saturated carbocycles. The molecule has 1 aromatic carbocycles. The highest BCUT2D eigenvalue weighted by Gasteiger charge is 2.48. The second-order valence-electron chi connectivity index (χ2n) is 8.60. The Bertz CT molecular complexity index is 771. The van der Waals surface area contributed by atoms with Gasteiger partial charge in [-0.2, -0.15) is 0 Å². The van der Waals surface area contributed by atoms with E-state index in [1.807, 2.05) is 47.9 Å². The first-order valence-corrected chi connectivity index (χ1v) is 10.3. The first kappa shape index (κ1) is 21.3. The highest BCUT2D eigenvalue weighted by Crippen LogP contribution is 2.39. The van der Waals surface area contributed by atoms with E-state index in [2.05, 4.69) is 0 Å². The van der Waals surface area contributed by atoms with E-state index in [-0.39, 0.29) is 30.2 Å². The lowest BCUT2D eigenvalue weighted by atomic mass is 9.80. The van der Waals surface area contributed by atoms with Crippen molar-refractivity contribution < 1.29 is 19.6 Å². The summed E-state index contributed by atoms with van der Waals surface area (Å²) >= 11 is 0. The van der Waals surface area contributed by atoms with Crippen molar-refractivity contribution in [3.8, 4) is 0 Å². The van der Waals surface area contributed by atoms with Gasteiger partial charge in [-0.3, -0.25) is 19.6 Å².